The molecule has 1 aliphatic heterocycles. The lowest BCUT2D eigenvalue weighted by Gasteiger charge is -2.26. The second-order valence-corrected chi connectivity index (χ2v) is 9.53. The minimum Gasteiger partial charge on any atom is -0.497 e. The fraction of sp³-hybridized carbons (Fsp3) is 0.304. The summed E-state index contributed by atoms with van der Waals surface area (Å²) in [6, 6.07) is 5.26. The van der Waals surface area contributed by atoms with Crippen LogP contribution in [0.25, 0.3) is 0 Å². The van der Waals surface area contributed by atoms with Gasteiger partial charge in [-0.15, -0.1) is 0 Å². The fourth-order valence-corrected chi connectivity index (χ4v) is 4.55. The molecule has 0 radical (unpaired) electrons. The molecule has 1 N–H and O–H groups in total. The van der Waals surface area contributed by atoms with Crippen LogP contribution in [0.15, 0.2) is 24.3 Å². The van der Waals surface area contributed by atoms with Crippen LogP contribution in [-0.4, -0.2) is 48.3 Å². The molecule has 1 heterocycles. The van der Waals surface area contributed by atoms with Gasteiger partial charge in [0.15, 0.2) is 6.61 Å². The summed E-state index contributed by atoms with van der Waals surface area (Å²) in [5.74, 6) is -2.89. The van der Waals surface area contributed by atoms with Crippen LogP contribution in [0.5, 0.6) is 5.75 Å². The van der Waals surface area contributed by atoms with Crippen LogP contribution in [0.3, 0.4) is 0 Å². The van der Waals surface area contributed by atoms with Gasteiger partial charge in [-0.05, 0) is 24.5 Å². The molecule has 12 heteroatoms. The Morgan fingerprint density at radius 1 is 0.971 bits per heavy atom. The number of rotatable bonds is 8. The standard InChI is InChI=1S/C23H20Cl4N2O6/c1-10(2)7-13(23(33)35-9-14(30)28-11-5-4-6-12(8-11)34-3)29-21(31)15-16(22(29)32)18(25)20(27)19(26)17(15)24/h4-6,8,10,13H,7,9H2,1-3H3,(H,28,30)/t13-/m1/s1. The van der Waals surface area contributed by atoms with Crippen molar-refractivity contribution in [3.05, 3.63) is 55.5 Å². The van der Waals surface area contributed by atoms with E-state index in [-0.39, 0.29) is 43.6 Å². The average Bonchev–Trinajstić information content (AvgIpc) is 3.08. The number of ether oxygens (including phenoxy) is 2. The van der Waals surface area contributed by atoms with E-state index in [1.54, 1.807) is 38.1 Å². The quantitative estimate of drug-likeness (QED) is 0.197. The Kier molecular flexibility index (Phi) is 8.54. The molecule has 2 aromatic carbocycles. The van der Waals surface area contributed by atoms with Crippen molar-refractivity contribution in [2.45, 2.75) is 26.3 Å². The minimum atomic E-state index is -1.34. The summed E-state index contributed by atoms with van der Waals surface area (Å²) in [4.78, 5) is 52.4. The number of hydrogen-bond donors (Lipinski definition) is 1. The number of methoxy groups -OCH3 is 1. The maximum absolute atomic E-state index is 13.2. The molecule has 0 spiro atoms. The molecule has 35 heavy (non-hydrogen) atoms. The molecule has 0 fully saturated rings. The number of hydrogen-bond acceptors (Lipinski definition) is 6. The fourth-order valence-electron chi connectivity index (χ4n) is 3.53. The second-order valence-electron chi connectivity index (χ2n) is 8.02. The van der Waals surface area contributed by atoms with E-state index in [9.17, 15) is 19.2 Å². The van der Waals surface area contributed by atoms with Crippen molar-refractivity contribution in [2.24, 2.45) is 5.92 Å². The highest BCUT2D eigenvalue weighted by atomic mass is 35.5. The van der Waals surface area contributed by atoms with Crippen molar-refractivity contribution in [3.63, 3.8) is 0 Å². The van der Waals surface area contributed by atoms with Crippen LogP contribution in [0.1, 0.15) is 41.0 Å². The van der Waals surface area contributed by atoms with Crippen LogP contribution in [0.4, 0.5) is 5.69 Å². The zero-order chi connectivity index (χ0) is 26.0. The third-order valence-electron chi connectivity index (χ3n) is 5.11. The number of esters is 1. The smallest absolute Gasteiger partial charge is 0.329 e. The van der Waals surface area contributed by atoms with Crippen LogP contribution in [0, 0.1) is 5.92 Å². The first-order valence-electron chi connectivity index (χ1n) is 10.3. The summed E-state index contributed by atoms with van der Waals surface area (Å²) < 4.78 is 10.3. The Bertz CT molecular complexity index is 1170. The van der Waals surface area contributed by atoms with Gasteiger partial charge in [-0.1, -0.05) is 66.3 Å². The molecule has 0 aliphatic carbocycles. The van der Waals surface area contributed by atoms with Gasteiger partial charge in [0, 0.05) is 11.8 Å². The minimum absolute atomic E-state index is 0.0680. The molecule has 0 aromatic heterocycles. The molecule has 3 amide bonds. The first-order chi connectivity index (χ1) is 16.5. The van der Waals surface area contributed by atoms with E-state index in [2.05, 4.69) is 5.32 Å². The van der Waals surface area contributed by atoms with Gasteiger partial charge in [-0.3, -0.25) is 19.3 Å². The van der Waals surface area contributed by atoms with E-state index >= 15 is 0 Å². The summed E-state index contributed by atoms with van der Waals surface area (Å²) >= 11 is 24.5. The van der Waals surface area contributed by atoms with Crippen molar-refractivity contribution in [2.75, 3.05) is 19.0 Å². The normalized spacial score (nSPS) is 13.7. The zero-order valence-electron chi connectivity index (χ0n) is 18.8. The number of anilines is 1. The van der Waals surface area contributed by atoms with Crippen molar-refractivity contribution in [3.8, 4) is 5.75 Å². The topological polar surface area (TPSA) is 102 Å². The van der Waals surface area contributed by atoms with E-state index < -0.39 is 36.3 Å². The van der Waals surface area contributed by atoms with Crippen LogP contribution in [0.2, 0.25) is 20.1 Å². The Labute approximate surface area is 221 Å². The van der Waals surface area contributed by atoms with Crippen LogP contribution in [-0.2, 0) is 14.3 Å². The maximum atomic E-state index is 13.2. The highest BCUT2D eigenvalue weighted by molar-refractivity contribution is 6.55. The van der Waals surface area contributed by atoms with Gasteiger partial charge in [0.25, 0.3) is 17.7 Å². The molecular formula is C23H20Cl4N2O6. The predicted octanol–water partition coefficient (Wildman–Crippen LogP) is 5.50. The van der Waals surface area contributed by atoms with E-state index in [1.165, 1.54) is 7.11 Å². The van der Waals surface area contributed by atoms with Gasteiger partial charge in [-0.25, -0.2) is 4.79 Å². The maximum Gasteiger partial charge on any atom is 0.329 e. The Morgan fingerprint density at radius 3 is 2.06 bits per heavy atom. The number of imide groups is 1. The SMILES string of the molecule is COc1cccc(NC(=O)COC(=O)[C@@H](CC(C)C)N2C(=O)c3c(Cl)c(Cl)c(Cl)c(Cl)c3C2=O)c1. The average molecular weight is 562 g/mol. The number of nitrogens with one attached hydrogen (secondary N) is 1. The number of fused-ring (bicyclic) bond motifs is 1. The van der Waals surface area contributed by atoms with Gasteiger partial charge < -0.3 is 14.8 Å². The largest absolute Gasteiger partial charge is 0.497 e. The summed E-state index contributed by atoms with van der Waals surface area (Å²) in [7, 11) is 1.49. The van der Waals surface area contributed by atoms with Gasteiger partial charge >= 0.3 is 5.97 Å². The Hall–Kier alpha value is -2.52. The third kappa shape index (κ3) is 5.51. The molecule has 0 bridgehead atoms. The Morgan fingerprint density at radius 2 is 1.54 bits per heavy atom. The molecular weight excluding hydrogens is 542 g/mol. The summed E-state index contributed by atoms with van der Waals surface area (Å²) in [6.07, 6.45) is 0.0680. The predicted molar refractivity (Wildman–Crippen MR) is 133 cm³/mol. The Balaban J connectivity index is 1.81. The number of benzene rings is 2. The summed E-state index contributed by atoms with van der Waals surface area (Å²) in [6.45, 7) is 2.94. The first kappa shape index (κ1) is 27.1. The zero-order valence-corrected chi connectivity index (χ0v) is 21.8. The van der Waals surface area contributed by atoms with E-state index in [4.69, 9.17) is 55.9 Å². The lowest BCUT2D eigenvalue weighted by molar-refractivity contribution is -0.151. The van der Waals surface area contributed by atoms with Crippen LogP contribution < -0.4 is 10.1 Å². The highest BCUT2D eigenvalue weighted by Crippen LogP contribution is 2.45. The first-order valence-corrected chi connectivity index (χ1v) is 11.8. The van der Waals surface area contributed by atoms with Crippen molar-refractivity contribution in [1.29, 1.82) is 0 Å². The summed E-state index contributed by atoms with van der Waals surface area (Å²) in [5.41, 5.74) is -0.0516. The molecule has 0 saturated heterocycles. The van der Waals surface area contributed by atoms with Crippen molar-refractivity contribution < 1.29 is 28.7 Å². The molecule has 1 aliphatic rings. The molecule has 0 saturated carbocycles. The van der Waals surface area contributed by atoms with Gasteiger partial charge in [-0.2, -0.15) is 0 Å². The number of halogens is 4. The third-order valence-corrected chi connectivity index (χ3v) is 6.91. The highest BCUT2D eigenvalue weighted by Gasteiger charge is 2.47. The number of nitrogens with zero attached hydrogens (tertiary/aromatic N) is 1. The van der Waals surface area contributed by atoms with E-state index in [0.717, 1.165) is 4.90 Å². The van der Waals surface area contributed by atoms with Crippen molar-refractivity contribution >= 4 is 75.8 Å². The van der Waals surface area contributed by atoms with Gasteiger partial charge in [0.1, 0.15) is 11.8 Å². The molecule has 2 aromatic rings. The van der Waals surface area contributed by atoms with Crippen molar-refractivity contribution in [1.82, 2.24) is 4.90 Å². The molecule has 0 unspecified atom stereocenters. The molecule has 186 valence electrons. The molecule has 3 rings (SSSR count). The lowest BCUT2D eigenvalue weighted by atomic mass is 10.0. The summed E-state index contributed by atoms with van der Waals surface area (Å²) in [5, 5.41) is 1.72. The monoisotopic (exact) mass is 560 g/mol. The van der Waals surface area contributed by atoms with E-state index in [1.807, 2.05) is 0 Å². The van der Waals surface area contributed by atoms with Gasteiger partial charge in [0.05, 0.1) is 38.3 Å². The van der Waals surface area contributed by atoms with E-state index in [0.29, 0.717) is 11.4 Å². The number of carbonyl (C=O) groups is 4. The van der Waals surface area contributed by atoms with Gasteiger partial charge in [0.2, 0.25) is 0 Å². The number of carbonyl (C=O) groups excluding carboxylic acids is 4. The lowest BCUT2D eigenvalue weighted by Crippen LogP contribution is -2.47. The second kappa shape index (κ2) is 11.0. The molecule has 8 nitrogen and oxygen atoms in total. The number of amides is 3. The van der Waals surface area contributed by atoms with Crippen LogP contribution >= 0.6 is 46.4 Å². The molecule has 1 atom stereocenters.